The van der Waals surface area contributed by atoms with Gasteiger partial charge in [0.1, 0.15) is 11.4 Å². The number of carbonyl (C=O) groups is 1. The first kappa shape index (κ1) is 20.1. The number of rotatable bonds is 7. The molecule has 0 bridgehead atoms. The molecule has 9 heteroatoms. The molecule has 0 aliphatic carbocycles. The van der Waals surface area contributed by atoms with Gasteiger partial charge in [-0.2, -0.15) is 0 Å². The SMILES string of the molecule is O=C(C=Cc1cn(Cc2ccccc2)nn1)NCc1ccccc1OC(F)(F)F. The molecule has 2 aromatic carbocycles. The zero-order valence-corrected chi connectivity index (χ0v) is 15.1. The molecule has 0 radical (unpaired) electrons. The minimum atomic E-state index is -4.80. The van der Waals surface area contributed by atoms with Crippen molar-refractivity contribution in [2.45, 2.75) is 19.5 Å². The Morgan fingerprint density at radius 2 is 1.83 bits per heavy atom. The van der Waals surface area contributed by atoms with Gasteiger partial charge in [-0.3, -0.25) is 4.79 Å². The fourth-order valence-electron chi connectivity index (χ4n) is 2.51. The third kappa shape index (κ3) is 6.49. The van der Waals surface area contributed by atoms with Crippen LogP contribution in [-0.2, 0) is 17.9 Å². The van der Waals surface area contributed by atoms with Crippen LogP contribution in [0.25, 0.3) is 6.08 Å². The van der Waals surface area contributed by atoms with E-state index in [9.17, 15) is 18.0 Å². The van der Waals surface area contributed by atoms with Crippen LogP contribution >= 0.6 is 0 Å². The minimum Gasteiger partial charge on any atom is -0.405 e. The summed E-state index contributed by atoms with van der Waals surface area (Å²) in [5, 5.41) is 10.5. The van der Waals surface area contributed by atoms with Crippen molar-refractivity contribution in [1.29, 1.82) is 0 Å². The number of nitrogens with zero attached hydrogens (tertiary/aromatic N) is 3. The maximum absolute atomic E-state index is 12.4. The zero-order chi connectivity index (χ0) is 20.7. The molecule has 0 atom stereocenters. The Morgan fingerprint density at radius 1 is 1.10 bits per heavy atom. The van der Waals surface area contributed by atoms with Crippen molar-refractivity contribution < 1.29 is 22.7 Å². The second-order valence-electron chi connectivity index (χ2n) is 6.03. The van der Waals surface area contributed by atoms with E-state index in [0.717, 1.165) is 5.56 Å². The average Bonchev–Trinajstić information content (AvgIpc) is 3.12. The largest absolute Gasteiger partial charge is 0.573 e. The Morgan fingerprint density at radius 3 is 2.59 bits per heavy atom. The molecular weight excluding hydrogens is 385 g/mol. The molecule has 1 N–H and O–H groups in total. The molecule has 150 valence electrons. The van der Waals surface area contributed by atoms with E-state index in [2.05, 4.69) is 20.4 Å². The number of aromatic nitrogens is 3. The first-order chi connectivity index (χ1) is 13.9. The first-order valence-electron chi connectivity index (χ1n) is 8.63. The molecule has 29 heavy (non-hydrogen) atoms. The van der Waals surface area contributed by atoms with Crippen LogP contribution in [0.4, 0.5) is 13.2 Å². The second kappa shape index (κ2) is 9.05. The van der Waals surface area contributed by atoms with Gasteiger partial charge in [-0.25, -0.2) is 4.68 Å². The Bertz CT molecular complexity index is 985. The van der Waals surface area contributed by atoms with E-state index in [1.165, 1.54) is 30.4 Å². The summed E-state index contributed by atoms with van der Waals surface area (Å²) in [6.45, 7) is 0.431. The van der Waals surface area contributed by atoms with Crippen molar-refractivity contribution >= 4 is 12.0 Å². The molecule has 0 aliphatic heterocycles. The van der Waals surface area contributed by atoms with Gasteiger partial charge in [0.2, 0.25) is 5.91 Å². The molecular formula is C20H17F3N4O2. The number of halogens is 3. The molecule has 1 aromatic heterocycles. The predicted molar refractivity (Wildman–Crippen MR) is 99.6 cm³/mol. The third-order valence-electron chi connectivity index (χ3n) is 3.80. The maximum Gasteiger partial charge on any atom is 0.573 e. The van der Waals surface area contributed by atoms with Gasteiger partial charge in [0.25, 0.3) is 0 Å². The van der Waals surface area contributed by atoms with Crippen LogP contribution < -0.4 is 10.1 Å². The van der Waals surface area contributed by atoms with E-state index in [-0.39, 0.29) is 17.9 Å². The van der Waals surface area contributed by atoms with Gasteiger partial charge in [0.15, 0.2) is 0 Å². The molecule has 6 nitrogen and oxygen atoms in total. The first-order valence-corrected chi connectivity index (χ1v) is 8.63. The van der Waals surface area contributed by atoms with E-state index < -0.39 is 12.3 Å². The Hall–Kier alpha value is -3.62. The number of carbonyl (C=O) groups excluding carboxylic acids is 1. The monoisotopic (exact) mass is 402 g/mol. The summed E-state index contributed by atoms with van der Waals surface area (Å²) in [4.78, 5) is 12.0. The lowest BCUT2D eigenvalue weighted by Gasteiger charge is -2.13. The molecule has 1 amide bonds. The smallest absolute Gasteiger partial charge is 0.405 e. The fraction of sp³-hybridized carbons (Fsp3) is 0.150. The van der Waals surface area contributed by atoms with Crippen molar-refractivity contribution in [3.63, 3.8) is 0 Å². The number of hydrogen-bond acceptors (Lipinski definition) is 4. The van der Waals surface area contributed by atoms with Crippen LogP contribution in [0, 0.1) is 0 Å². The normalized spacial score (nSPS) is 11.6. The highest BCUT2D eigenvalue weighted by Gasteiger charge is 2.31. The number of nitrogens with one attached hydrogen (secondary N) is 1. The summed E-state index contributed by atoms with van der Waals surface area (Å²) in [5.74, 6) is -0.836. The van der Waals surface area contributed by atoms with E-state index in [1.807, 2.05) is 30.3 Å². The number of alkyl halides is 3. The van der Waals surface area contributed by atoms with Gasteiger partial charge in [0.05, 0.1) is 12.7 Å². The highest BCUT2D eigenvalue weighted by atomic mass is 19.4. The predicted octanol–water partition coefficient (Wildman–Crippen LogP) is 3.55. The molecule has 0 aliphatic rings. The molecule has 3 aromatic rings. The molecule has 0 unspecified atom stereocenters. The number of hydrogen-bond donors (Lipinski definition) is 1. The van der Waals surface area contributed by atoms with Crippen molar-refractivity contribution in [2.75, 3.05) is 0 Å². The van der Waals surface area contributed by atoms with Crippen molar-refractivity contribution in [3.05, 3.63) is 83.7 Å². The van der Waals surface area contributed by atoms with Crippen LogP contribution in [0.1, 0.15) is 16.8 Å². The van der Waals surface area contributed by atoms with E-state index in [4.69, 9.17) is 0 Å². The Kier molecular flexibility index (Phi) is 6.28. The fourth-order valence-corrected chi connectivity index (χ4v) is 2.51. The minimum absolute atomic E-state index is 0.115. The third-order valence-corrected chi connectivity index (χ3v) is 3.80. The molecule has 0 fully saturated rings. The van der Waals surface area contributed by atoms with E-state index in [1.54, 1.807) is 16.9 Å². The molecule has 1 heterocycles. The lowest BCUT2D eigenvalue weighted by atomic mass is 10.2. The summed E-state index contributed by atoms with van der Waals surface area (Å²) >= 11 is 0. The second-order valence-corrected chi connectivity index (χ2v) is 6.03. The molecule has 0 spiro atoms. The summed E-state index contributed by atoms with van der Waals surface area (Å²) in [7, 11) is 0. The van der Waals surface area contributed by atoms with Crippen LogP contribution in [0.5, 0.6) is 5.75 Å². The standard InChI is InChI=1S/C20H17F3N4O2/c21-20(22,23)29-18-9-5-4-8-16(18)12-24-19(28)11-10-17-14-27(26-25-17)13-15-6-2-1-3-7-15/h1-11,14H,12-13H2,(H,24,28). The Balaban J connectivity index is 1.54. The highest BCUT2D eigenvalue weighted by molar-refractivity contribution is 5.91. The molecule has 3 rings (SSSR count). The van der Waals surface area contributed by atoms with Crippen LogP contribution in [0.3, 0.4) is 0 Å². The van der Waals surface area contributed by atoms with Crippen LogP contribution in [0.2, 0.25) is 0 Å². The summed E-state index contributed by atoms with van der Waals surface area (Å²) in [5.41, 5.74) is 1.75. The maximum atomic E-state index is 12.4. The highest BCUT2D eigenvalue weighted by Crippen LogP contribution is 2.26. The quantitative estimate of drug-likeness (QED) is 0.614. The zero-order valence-electron chi connectivity index (χ0n) is 15.1. The van der Waals surface area contributed by atoms with Crippen molar-refractivity contribution in [2.24, 2.45) is 0 Å². The van der Waals surface area contributed by atoms with E-state index >= 15 is 0 Å². The molecule has 0 saturated heterocycles. The van der Waals surface area contributed by atoms with Gasteiger partial charge in [0, 0.05) is 18.2 Å². The number of amides is 1. The topological polar surface area (TPSA) is 69.0 Å². The number of ether oxygens (including phenoxy) is 1. The van der Waals surface area contributed by atoms with E-state index in [0.29, 0.717) is 12.2 Å². The lowest BCUT2D eigenvalue weighted by molar-refractivity contribution is -0.274. The van der Waals surface area contributed by atoms with Gasteiger partial charge in [-0.1, -0.05) is 53.7 Å². The van der Waals surface area contributed by atoms with Gasteiger partial charge < -0.3 is 10.1 Å². The van der Waals surface area contributed by atoms with Gasteiger partial charge in [-0.15, -0.1) is 18.3 Å². The van der Waals surface area contributed by atoms with Gasteiger partial charge in [-0.05, 0) is 17.7 Å². The molecule has 0 saturated carbocycles. The summed E-state index contributed by atoms with van der Waals surface area (Å²) in [6.07, 6.45) is -0.402. The number of benzene rings is 2. The summed E-state index contributed by atoms with van der Waals surface area (Å²) in [6, 6.07) is 15.3. The van der Waals surface area contributed by atoms with Crippen molar-refractivity contribution in [3.8, 4) is 5.75 Å². The van der Waals surface area contributed by atoms with Crippen LogP contribution in [-0.4, -0.2) is 27.3 Å². The summed E-state index contributed by atoms with van der Waals surface area (Å²) < 4.78 is 42.9. The van der Waals surface area contributed by atoms with Gasteiger partial charge >= 0.3 is 6.36 Å². The van der Waals surface area contributed by atoms with Crippen LogP contribution in [0.15, 0.2) is 66.9 Å². The lowest BCUT2D eigenvalue weighted by Crippen LogP contribution is -2.22. The number of para-hydroxylation sites is 1. The Labute approximate surface area is 164 Å². The average molecular weight is 402 g/mol. The van der Waals surface area contributed by atoms with Crippen molar-refractivity contribution in [1.82, 2.24) is 20.3 Å².